The van der Waals surface area contributed by atoms with E-state index >= 15 is 0 Å². The second kappa shape index (κ2) is 5.86. The summed E-state index contributed by atoms with van der Waals surface area (Å²) in [5.41, 5.74) is 7.81. The fourth-order valence-electron chi connectivity index (χ4n) is 2.79. The van der Waals surface area contributed by atoms with Crippen LogP contribution in [0, 0.1) is 5.82 Å². The minimum absolute atomic E-state index is 0.318. The van der Waals surface area contributed by atoms with Crippen molar-refractivity contribution in [3.8, 4) is 5.69 Å². The Kier molecular flexibility index (Phi) is 3.53. The molecule has 0 saturated carbocycles. The summed E-state index contributed by atoms with van der Waals surface area (Å²) in [7, 11) is 0. The third-order valence-electron chi connectivity index (χ3n) is 3.92. The summed E-state index contributed by atoms with van der Waals surface area (Å²) in [5.74, 6) is -0.193. The highest BCUT2D eigenvalue weighted by molar-refractivity contribution is 5.92. The monoisotopic (exact) mass is 335 g/mol. The number of primary amides is 1. The molecule has 4 aromatic rings. The van der Waals surface area contributed by atoms with Gasteiger partial charge >= 0.3 is 0 Å². The number of amides is 1. The van der Waals surface area contributed by atoms with E-state index in [0.717, 1.165) is 5.69 Å². The molecule has 4 rings (SSSR count). The minimum Gasteiger partial charge on any atom is -0.366 e. The van der Waals surface area contributed by atoms with E-state index in [9.17, 15) is 9.18 Å². The summed E-state index contributed by atoms with van der Waals surface area (Å²) in [6, 6.07) is 14.1. The molecule has 0 radical (unpaired) electrons. The van der Waals surface area contributed by atoms with Crippen LogP contribution in [-0.4, -0.2) is 25.2 Å². The highest BCUT2D eigenvalue weighted by Gasteiger charge is 2.14. The fourth-order valence-corrected chi connectivity index (χ4v) is 2.79. The number of aromatic nitrogens is 4. The van der Waals surface area contributed by atoms with Gasteiger partial charge in [-0.25, -0.2) is 9.37 Å². The molecule has 0 spiro atoms. The third-order valence-corrected chi connectivity index (χ3v) is 3.92. The Morgan fingerprint density at radius 2 is 1.96 bits per heavy atom. The predicted octanol–water partition coefficient (Wildman–Crippen LogP) is 2.51. The van der Waals surface area contributed by atoms with E-state index in [4.69, 9.17) is 5.73 Å². The Balaban J connectivity index is 1.86. The van der Waals surface area contributed by atoms with E-state index in [1.54, 1.807) is 16.9 Å². The van der Waals surface area contributed by atoms with Gasteiger partial charge in [-0.2, -0.15) is 5.10 Å². The van der Waals surface area contributed by atoms with Gasteiger partial charge in [-0.1, -0.05) is 18.2 Å². The number of fused-ring (bicyclic) bond motifs is 1. The van der Waals surface area contributed by atoms with Crippen LogP contribution in [0.15, 0.2) is 60.9 Å². The molecule has 0 atom stereocenters. The molecule has 2 aromatic carbocycles. The number of para-hydroxylation sites is 1. The lowest BCUT2D eigenvalue weighted by atomic mass is 10.2. The molecule has 0 aliphatic heterocycles. The number of hydrogen-bond acceptors (Lipinski definition) is 3. The van der Waals surface area contributed by atoms with Crippen molar-refractivity contribution in [1.82, 2.24) is 19.3 Å². The Hall–Kier alpha value is -3.48. The minimum atomic E-state index is -0.537. The van der Waals surface area contributed by atoms with E-state index < -0.39 is 5.91 Å². The van der Waals surface area contributed by atoms with E-state index in [1.807, 2.05) is 34.9 Å². The highest BCUT2D eigenvalue weighted by Crippen LogP contribution is 2.23. The van der Waals surface area contributed by atoms with Crippen LogP contribution in [0.2, 0.25) is 0 Å². The number of benzene rings is 2. The van der Waals surface area contributed by atoms with E-state index in [2.05, 4.69) is 10.1 Å². The van der Waals surface area contributed by atoms with Crippen LogP contribution in [0.5, 0.6) is 0 Å². The lowest BCUT2D eigenvalue weighted by Gasteiger charge is -2.09. The molecule has 0 aliphatic carbocycles. The highest BCUT2D eigenvalue weighted by atomic mass is 19.1. The topological polar surface area (TPSA) is 78.7 Å². The van der Waals surface area contributed by atoms with E-state index in [-0.39, 0.29) is 5.82 Å². The zero-order chi connectivity index (χ0) is 17.4. The maximum Gasteiger partial charge on any atom is 0.251 e. The zero-order valence-electron chi connectivity index (χ0n) is 13.1. The van der Waals surface area contributed by atoms with Gasteiger partial charge in [0.25, 0.3) is 5.91 Å². The summed E-state index contributed by atoms with van der Waals surface area (Å²) >= 11 is 0. The normalized spacial score (nSPS) is 11.1. The second-order valence-corrected chi connectivity index (χ2v) is 5.62. The first-order chi connectivity index (χ1) is 12.1. The van der Waals surface area contributed by atoms with Crippen LogP contribution < -0.4 is 5.73 Å². The molecular formula is C18H14FN5O. The number of halogens is 1. The van der Waals surface area contributed by atoms with E-state index in [0.29, 0.717) is 29.0 Å². The molecule has 1 amide bonds. The number of rotatable bonds is 4. The van der Waals surface area contributed by atoms with Gasteiger partial charge < -0.3 is 5.73 Å². The molecule has 0 saturated heterocycles. The van der Waals surface area contributed by atoms with Crippen LogP contribution >= 0.6 is 0 Å². The first-order valence-corrected chi connectivity index (χ1v) is 7.66. The van der Waals surface area contributed by atoms with Gasteiger partial charge in [0.05, 0.1) is 29.3 Å². The molecule has 2 N–H and O–H groups in total. The molecule has 0 aliphatic rings. The SMILES string of the molecule is NC(=O)c1cnn(Cc2nc3ccc(F)cc3n2-c2ccccc2)c1. The van der Waals surface area contributed by atoms with E-state index in [1.165, 1.54) is 18.3 Å². The van der Waals surface area contributed by atoms with Crippen molar-refractivity contribution >= 4 is 16.9 Å². The second-order valence-electron chi connectivity index (χ2n) is 5.62. The van der Waals surface area contributed by atoms with Crippen LogP contribution in [-0.2, 0) is 6.54 Å². The molecule has 0 bridgehead atoms. The lowest BCUT2D eigenvalue weighted by Crippen LogP contribution is -2.10. The molecular weight excluding hydrogens is 321 g/mol. The summed E-state index contributed by atoms with van der Waals surface area (Å²) < 4.78 is 17.2. The zero-order valence-corrected chi connectivity index (χ0v) is 13.1. The van der Waals surface area contributed by atoms with Gasteiger partial charge in [0.2, 0.25) is 0 Å². The quantitative estimate of drug-likeness (QED) is 0.622. The third kappa shape index (κ3) is 2.76. The van der Waals surface area contributed by atoms with Crippen LogP contribution in [0.1, 0.15) is 16.2 Å². The molecule has 124 valence electrons. The van der Waals surface area contributed by atoms with Gasteiger partial charge in [0.1, 0.15) is 11.6 Å². The van der Waals surface area contributed by atoms with Crippen molar-refractivity contribution in [2.75, 3.05) is 0 Å². The smallest absolute Gasteiger partial charge is 0.251 e. The van der Waals surface area contributed by atoms with Crippen LogP contribution in [0.3, 0.4) is 0 Å². The first-order valence-electron chi connectivity index (χ1n) is 7.66. The number of nitrogens with two attached hydrogens (primary N) is 1. The van der Waals surface area contributed by atoms with Crippen molar-refractivity contribution in [3.05, 3.63) is 78.1 Å². The summed E-state index contributed by atoms with van der Waals surface area (Å²) in [4.78, 5) is 15.8. The van der Waals surface area contributed by atoms with Crippen molar-refractivity contribution in [2.45, 2.75) is 6.54 Å². The number of hydrogen-bond donors (Lipinski definition) is 1. The molecule has 6 nitrogen and oxygen atoms in total. The van der Waals surface area contributed by atoms with Crippen molar-refractivity contribution in [3.63, 3.8) is 0 Å². The van der Waals surface area contributed by atoms with Gasteiger partial charge in [-0.15, -0.1) is 0 Å². The molecule has 0 fully saturated rings. The summed E-state index contributed by atoms with van der Waals surface area (Å²) in [6.45, 7) is 0.318. The first kappa shape index (κ1) is 15.1. The Labute approximate surface area is 142 Å². The average molecular weight is 335 g/mol. The molecule has 7 heteroatoms. The lowest BCUT2D eigenvalue weighted by molar-refractivity contribution is 0.1000. The van der Waals surface area contributed by atoms with Crippen LogP contribution in [0.4, 0.5) is 4.39 Å². The van der Waals surface area contributed by atoms with Gasteiger partial charge in [0.15, 0.2) is 0 Å². The number of carbonyl (C=O) groups excluding carboxylic acids is 1. The number of carbonyl (C=O) groups is 1. The van der Waals surface area contributed by atoms with Gasteiger partial charge in [-0.05, 0) is 24.3 Å². The molecule has 2 heterocycles. The molecule has 0 unspecified atom stereocenters. The molecule has 25 heavy (non-hydrogen) atoms. The Morgan fingerprint density at radius 3 is 2.68 bits per heavy atom. The number of nitrogens with zero attached hydrogens (tertiary/aromatic N) is 4. The Bertz CT molecular complexity index is 1070. The maximum absolute atomic E-state index is 13.8. The molecule has 2 aromatic heterocycles. The maximum atomic E-state index is 13.8. The van der Waals surface area contributed by atoms with Crippen molar-refractivity contribution in [1.29, 1.82) is 0 Å². The largest absolute Gasteiger partial charge is 0.366 e. The summed E-state index contributed by atoms with van der Waals surface area (Å²) in [6.07, 6.45) is 2.98. The van der Waals surface area contributed by atoms with Gasteiger partial charge in [-0.3, -0.25) is 14.0 Å². The number of imidazole rings is 1. The van der Waals surface area contributed by atoms with Crippen molar-refractivity contribution in [2.24, 2.45) is 5.73 Å². The van der Waals surface area contributed by atoms with Crippen LogP contribution in [0.25, 0.3) is 16.7 Å². The average Bonchev–Trinajstić information content (AvgIpc) is 3.20. The Morgan fingerprint density at radius 1 is 1.16 bits per heavy atom. The van der Waals surface area contributed by atoms with Crippen molar-refractivity contribution < 1.29 is 9.18 Å². The summed E-state index contributed by atoms with van der Waals surface area (Å²) in [5, 5.41) is 4.14. The fraction of sp³-hybridized carbons (Fsp3) is 0.0556. The van der Waals surface area contributed by atoms with Gasteiger partial charge in [0, 0.05) is 18.0 Å². The standard InChI is InChI=1S/C18H14FN5O/c19-13-6-7-15-16(8-13)24(14-4-2-1-3-5-14)17(22-15)11-23-10-12(9-21-23)18(20)25/h1-10H,11H2,(H2,20,25). The predicted molar refractivity (Wildman–Crippen MR) is 90.9 cm³/mol.